The van der Waals surface area contributed by atoms with Crippen molar-refractivity contribution in [3.63, 3.8) is 0 Å². The van der Waals surface area contributed by atoms with Crippen molar-refractivity contribution in [1.29, 1.82) is 0 Å². The second-order valence-electron chi connectivity index (χ2n) is 4.33. The number of aromatic nitrogens is 1. The topological polar surface area (TPSA) is 54.4 Å². The second kappa shape index (κ2) is 4.87. The number of aliphatic imine (C=N–C) groups is 1. The van der Waals surface area contributed by atoms with Gasteiger partial charge in [-0.3, -0.25) is 4.79 Å². The highest BCUT2D eigenvalue weighted by atomic mass is 32.2. The van der Waals surface area contributed by atoms with Gasteiger partial charge in [0, 0.05) is 6.20 Å². The van der Waals surface area contributed by atoms with Crippen molar-refractivity contribution < 1.29 is 4.79 Å². The zero-order valence-electron chi connectivity index (χ0n) is 10.1. The molecule has 1 atom stereocenters. The number of amides is 1. The molecule has 1 unspecified atom stereocenters. The highest BCUT2D eigenvalue weighted by Gasteiger charge is 2.31. The molecule has 2 heterocycles. The van der Waals surface area contributed by atoms with Crippen LogP contribution in [0, 0.1) is 12.8 Å². The number of carbonyl (C=O) groups excluding carboxylic acids is 1. The highest BCUT2D eigenvalue weighted by molar-refractivity contribution is 8.15. The van der Waals surface area contributed by atoms with E-state index in [1.165, 1.54) is 11.8 Å². The molecule has 2 rings (SSSR count). The number of nitrogens with one attached hydrogen (secondary N) is 1. The number of nitrogens with zero attached hydrogens (tertiary/aromatic N) is 2. The minimum atomic E-state index is -0.0680. The average Bonchev–Trinajstić information content (AvgIpc) is 2.63. The van der Waals surface area contributed by atoms with Gasteiger partial charge in [-0.25, -0.2) is 4.98 Å². The van der Waals surface area contributed by atoms with Crippen LogP contribution in [0.5, 0.6) is 0 Å². The Morgan fingerprint density at radius 3 is 2.82 bits per heavy atom. The van der Waals surface area contributed by atoms with Crippen molar-refractivity contribution in [1.82, 2.24) is 4.98 Å². The summed E-state index contributed by atoms with van der Waals surface area (Å²) in [5.41, 5.74) is 1.04. The van der Waals surface area contributed by atoms with Gasteiger partial charge in [0.25, 0.3) is 5.91 Å². The third-order valence-electron chi connectivity index (χ3n) is 2.53. The fraction of sp³-hybridized carbons (Fsp3) is 0.417. The van der Waals surface area contributed by atoms with E-state index in [9.17, 15) is 4.79 Å². The molecule has 5 heteroatoms. The van der Waals surface area contributed by atoms with Gasteiger partial charge in [-0.05, 0) is 24.5 Å². The van der Waals surface area contributed by atoms with E-state index >= 15 is 0 Å². The van der Waals surface area contributed by atoms with E-state index in [1.54, 1.807) is 6.20 Å². The van der Waals surface area contributed by atoms with Crippen LogP contribution < -0.4 is 5.32 Å². The largest absolute Gasteiger partial charge is 0.319 e. The summed E-state index contributed by atoms with van der Waals surface area (Å²) in [5.74, 6) is 0.998. The molecule has 0 aliphatic carbocycles. The zero-order chi connectivity index (χ0) is 12.4. The fourth-order valence-electron chi connectivity index (χ4n) is 1.56. The average molecular weight is 249 g/mol. The van der Waals surface area contributed by atoms with Gasteiger partial charge in [0.2, 0.25) is 0 Å². The molecule has 1 aromatic rings. The van der Waals surface area contributed by atoms with Gasteiger partial charge in [-0.2, -0.15) is 4.99 Å². The molecule has 1 aliphatic rings. The van der Waals surface area contributed by atoms with Crippen LogP contribution in [-0.4, -0.2) is 21.3 Å². The lowest BCUT2D eigenvalue weighted by Gasteiger charge is -2.11. The van der Waals surface area contributed by atoms with Crippen molar-refractivity contribution in [2.75, 3.05) is 5.32 Å². The van der Waals surface area contributed by atoms with Crippen LogP contribution in [0.1, 0.15) is 19.4 Å². The SMILES string of the molecule is Cc1cccnc1NC1=NC(=O)C(C(C)C)S1. The molecule has 1 N–H and O–H groups in total. The van der Waals surface area contributed by atoms with Crippen LogP contribution in [0.3, 0.4) is 0 Å². The van der Waals surface area contributed by atoms with E-state index in [1.807, 2.05) is 32.9 Å². The monoisotopic (exact) mass is 249 g/mol. The first-order valence-corrected chi connectivity index (χ1v) is 6.43. The molecular formula is C12H15N3OS. The molecular weight excluding hydrogens is 234 g/mol. The van der Waals surface area contributed by atoms with E-state index < -0.39 is 0 Å². The van der Waals surface area contributed by atoms with Gasteiger partial charge in [0.1, 0.15) is 5.82 Å². The lowest BCUT2D eigenvalue weighted by atomic mass is 10.1. The van der Waals surface area contributed by atoms with Crippen LogP contribution in [0.4, 0.5) is 5.82 Å². The molecule has 0 bridgehead atoms. The number of rotatable bonds is 2. The maximum absolute atomic E-state index is 11.6. The summed E-state index contributed by atoms with van der Waals surface area (Å²) in [4.78, 5) is 19.9. The van der Waals surface area contributed by atoms with Crippen LogP contribution >= 0.6 is 11.8 Å². The lowest BCUT2D eigenvalue weighted by molar-refractivity contribution is -0.117. The van der Waals surface area contributed by atoms with E-state index in [0.717, 1.165) is 11.4 Å². The predicted molar refractivity (Wildman–Crippen MR) is 71.3 cm³/mol. The summed E-state index contributed by atoms with van der Waals surface area (Å²) in [6.07, 6.45) is 1.72. The predicted octanol–water partition coefficient (Wildman–Crippen LogP) is 2.46. The van der Waals surface area contributed by atoms with Crippen molar-refractivity contribution in [3.05, 3.63) is 23.9 Å². The maximum Gasteiger partial charge on any atom is 0.261 e. The van der Waals surface area contributed by atoms with E-state index in [4.69, 9.17) is 0 Å². The van der Waals surface area contributed by atoms with Gasteiger partial charge in [0.05, 0.1) is 5.25 Å². The minimum Gasteiger partial charge on any atom is -0.319 e. The number of aryl methyl sites for hydroxylation is 1. The van der Waals surface area contributed by atoms with Gasteiger partial charge < -0.3 is 5.32 Å². The maximum atomic E-state index is 11.6. The number of amidine groups is 1. The smallest absolute Gasteiger partial charge is 0.261 e. The number of anilines is 1. The Balaban J connectivity index is 2.10. The zero-order valence-corrected chi connectivity index (χ0v) is 10.9. The molecule has 1 aromatic heterocycles. The van der Waals surface area contributed by atoms with Gasteiger partial charge >= 0.3 is 0 Å². The number of carbonyl (C=O) groups is 1. The van der Waals surface area contributed by atoms with E-state index in [2.05, 4.69) is 15.3 Å². The van der Waals surface area contributed by atoms with E-state index in [-0.39, 0.29) is 11.2 Å². The first-order chi connectivity index (χ1) is 8.08. The molecule has 0 saturated heterocycles. The van der Waals surface area contributed by atoms with Gasteiger partial charge in [-0.1, -0.05) is 31.7 Å². The Kier molecular flexibility index (Phi) is 3.47. The number of hydrogen-bond acceptors (Lipinski definition) is 4. The summed E-state index contributed by atoms with van der Waals surface area (Å²) in [6, 6.07) is 3.85. The third kappa shape index (κ3) is 2.66. The van der Waals surface area contributed by atoms with Gasteiger partial charge in [0.15, 0.2) is 5.17 Å². The van der Waals surface area contributed by atoms with Crippen molar-refractivity contribution >= 4 is 28.7 Å². The molecule has 17 heavy (non-hydrogen) atoms. The van der Waals surface area contributed by atoms with Crippen molar-refractivity contribution in [3.8, 4) is 0 Å². The molecule has 90 valence electrons. The number of thioether (sulfide) groups is 1. The summed E-state index contributed by atoms with van der Waals surface area (Å²) in [6.45, 7) is 6.03. The fourth-order valence-corrected chi connectivity index (χ4v) is 2.52. The summed E-state index contributed by atoms with van der Waals surface area (Å²) >= 11 is 1.48. The third-order valence-corrected chi connectivity index (χ3v) is 3.95. The molecule has 0 aromatic carbocycles. The molecule has 0 fully saturated rings. The molecule has 1 aliphatic heterocycles. The van der Waals surface area contributed by atoms with Crippen molar-refractivity contribution in [2.24, 2.45) is 10.9 Å². The van der Waals surface area contributed by atoms with Crippen LogP contribution in [0.15, 0.2) is 23.3 Å². The summed E-state index contributed by atoms with van der Waals surface area (Å²) in [5, 5.41) is 3.69. The molecule has 1 amide bonds. The minimum absolute atomic E-state index is 0.0546. The van der Waals surface area contributed by atoms with Crippen molar-refractivity contribution in [2.45, 2.75) is 26.0 Å². The Labute approximate surface area is 105 Å². The quantitative estimate of drug-likeness (QED) is 0.874. The summed E-state index contributed by atoms with van der Waals surface area (Å²) < 4.78 is 0. The molecule has 0 saturated carbocycles. The number of hydrogen-bond donors (Lipinski definition) is 1. The molecule has 0 spiro atoms. The molecule has 4 nitrogen and oxygen atoms in total. The van der Waals surface area contributed by atoms with Crippen LogP contribution in [0.2, 0.25) is 0 Å². The Morgan fingerprint density at radius 2 is 2.24 bits per heavy atom. The second-order valence-corrected chi connectivity index (χ2v) is 5.46. The highest BCUT2D eigenvalue weighted by Crippen LogP contribution is 2.29. The Morgan fingerprint density at radius 1 is 1.47 bits per heavy atom. The standard InChI is InChI=1S/C12H15N3OS/c1-7(2)9-11(16)15-12(17-9)14-10-8(3)5-4-6-13-10/h4-7,9H,1-3H3,(H,13,14,15,16). The number of pyridine rings is 1. The lowest BCUT2D eigenvalue weighted by Crippen LogP contribution is -2.17. The summed E-state index contributed by atoms with van der Waals surface area (Å²) in [7, 11) is 0. The Bertz CT molecular complexity index is 471. The Hall–Kier alpha value is -1.36. The van der Waals surface area contributed by atoms with Crippen LogP contribution in [-0.2, 0) is 4.79 Å². The normalized spacial score (nSPS) is 19.6. The molecule has 0 radical (unpaired) electrons. The van der Waals surface area contributed by atoms with Crippen LogP contribution in [0.25, 0.3) is 0 Å². The van der Waals surface area contributed by atoms with E-state index in [0.29, 0.717) is 11.1 Å². The first-order valence-electron chi connectivity index (χ1n) is 5.56. The first kappa shape index (κ1) is 12.1. The van der Waals surface area contributed by atoms with Gasteiger partial charge in [-0.15, -0.1) is 0 Å².